The number of rotatable bonds is 13. The van der Waals surface area contributed by atoms with Crippen LogP contribution in [-0.4, -0.2) is 70.9 Å². The summed E-state index contributed by atoms with van der Waals surface area (Å²) in [7, 11) is 3.21. The Labute approximate surface area is 411 Å². The maximum absolute atomic E-state index is 11.8. The Bertz CT molecular complexity index is 2850. The number of anilines is 9. The van der Waals surface area contributed by atoms with E-state index in [4.69, 9.17) is 26.8 Å². The van der Waals surface area contributed by atoms with Gasteiger partial charge in [0.15, 0.2) is 0 Å². The molecular formula is C51H57ClN12O6. The van der Waals surface area contributed by atoms with E-state index >= 15 is 0 Å². The summed E-state index contributed by atoms with van der Waals surface area (Å²) in [5, 5.41) is 21.0. The number of nitrogens with one attached hydrogen (secondary N) is 7. The Kier molecular flexibility index (Phi) is 18.0. The molecule has 4 heterocycles. The molecule has 0 radical (unpaired) electrons. The van der Waals surface area contributed by atoms with Crippen LogP contribution in [0.15, 0.2) is 110 Å². The number of nitrogen functional groups attached to an aromatic ring is 1. The van der Waals surface area contributed by atoms with Crippen LogP contribution in [0.1, 0.15) is 66.7 Å². The van der Waals surface area contributed by atoms with Crippen LogP contribution in [0.3, 0.4) is 0 Å². The molecule has 6 aromatic rings. The minimum atomic E-state index is -0.279. The quantitative estimate of drug-likeness (QED) is 0.0306. The molecule has 0 saturated carbocycles. The highest BCUT2D eigenvalue weighted by molar-refractivity contribution is 6.28. The van der Waals surface area contributed by atoms with Crippen molar-refractivity contribution in [2.45, 2.75) is 58.3 Å². The second-order valence-corrected chi connectivity index (χ2v) is 16.7. The summed E-state index contributed by atoms with van der Waals surface area (Å²) in [5.41, 5.74) is 14.0. The van der Waals surface area contributed by atoms with E-state index in [9.17, 15) is 19.2 Å². The standard InChI is InChI=1S/C26H28N6O3.C13H13ClN4O.C12H16N2O2/c1-4-23(33)29-19-6-5-7-20(14-19)30-25-16(2)15-28-26(32-25)31-21-9-8-17(12-22(21)35-3)18-10-11-27-24(34)13-18;1-8-7-15-13(14)18-12(8)17-11-5-3-4-10(6-11)16-9(2)19;1-16-11-6-8(2-3-10(11)13)9-4-5-14-12(15)7-9/h4-9,12,14-15,18H,1,10-11,13H2,2-3H3,(H,27,34)(H,29,33)(H2,28,30,31,32);3-7H,1-2H3,(H,16,19)(H,15,17,18);2-3,6,9H,4-5,7,13H2,1H3,(H,14,15). The molecule has 364 valence electrons. The Hall–Kier alpha value is -8.25. The summed E-state index contributed by atoms with van der Waals surface area (Å²) in [6, 6.07) is 26.3. The maximum Gasteiger partial charge on any atom is 0.247 e. The SMILES string of the molecule is C=CC(=O)Nc1cccc(Nc2nc(Nc3ccc(C4CCNC(=O)C4)cc3OC)ncc2C)c1.CC(=O)Nc1cccc(Nc2nc(Cl)ncc2C)c1.COc1cc(C2CCNC(=O)C2)ccc1N. The van der Waals surface area contributed by atoms with Gasteiger partial charge in [0.2, 0.25) is 34.9 Å². The molecule has 2 fully saturated rings. The first kappa shape index (κ1) is 51.1. The van der Waals surface area contributed by atoms with Crippen molar-refractivity contribution in [2.75, 3.05) is 59.6 Å². The largest absolute Gasteiger partial charge is 0.495 e. The van der Waals surface area contributed by atoms with Gasteiger partial charge in [0.05, 0.1) is 25.6 Å². The van der Waals surface area contributed by atoms with Crippen LogP contribution in [0.25, 0.3) is 0 Å². The number of ether oxygens (including phenoxy) is 2. The monoisotopic (exact) mass is 968 g/mol. The number of hydrogen-bond donors (Lipinski definition) is 8. The third kappa shape index (κ3) is 14.9. The fraction of sp³-hybridized carbons (Fsp3) is 0.255. The van der Waals surface area contributed by atoms with Crippen LogP contribution in [0.4, 0.5) is 51.7 Å². The summed E-state index contributed by atoms with van der Waals surface area (Å²) in [4.78, 5) is 62.7. The number of aromatic nitrogens is 4. The lowest BCUT2D eigenvalue weighted by atomic mass is 9.89. The molecule has 2 aliphatic heterocycles. The van der Waals surface area contributed by atoms with Crippen molar-refractivity contribution >= 4 is 86.9 Å². The predicted octanol–water partition coefficient (Wildman–Crippen LogP) is 8.81. The molecule has 2 unspecified atom stereocenters. The molecule has 0 aliphatic carbocycles. The zero-order valence-electron chi connectivity index (χ0n) is 39.6. The molecule has 2 aromatic heterocycles. The number of amides is 4. The summed E-state index contributed by atoms with van der Waals surface area (Å²) in [6.45, 7) is 10.2. The van der Waals surface area contributed by atoms with Crippen molar-refractivity contribution < 1.29 is 28.7 Å². The van der Waals surface area contributed by atoms with Gasteiger partial charge in [-0.25, -0.2) is 15.0 Å². The highest BCUT2D eigenvalue weighted by Crippen LogP contribution is 2.35. The lowest BCUT2D eigenvalue weighted by molar-refractivity contribution is -0.123. The van der Waals surface area contributed by atoms with E-state index in [-0.39, 0.29) is 40.7 Å². The van der Waals surface area contributed by atoms with Gasteiger partial charge in [-0.3, -0.25) is 19.2 Å². The fourth-order valence-electron chi connectivity index (χ4n) is 7.50. The number of aryl methyl sites for hydroxylation is 2. The van der Waals surface area contributed by atoms with Gasteiger partial charge < -0.3 is 52.4 Å². The number of nitrogens with zero attached hydrogens (tertiary/aromatic N) is 4. The van der Waals surface area contributed by atoms with Gasteiger partial charge in [0, 0.05) is 79.1 Å². The van der Waals surface area contributed by atoms with Gasteiger partial charge >= 0.3 is 0 Å². The second kappa shape index (κ2) is 24.7. The van der Waals surface area contributed by atoms with Crippen molar-refractivity contribution in [1.82, 2.24) is 30.6 Å². The van der Waals surface area contributed by atoms with E-state index in [0.29, 0.717) is 59.8 Å². The van der Waals surface area contributed by atoms with Gasteiger partial charge in [0.1, 0.15) is 23.1 Å². The molecule has 70 heavy (non-hydrogen) atoms. The average Bonchev–Trinajstić information content (AvgIpc) is 3.34. The molecule has 4 amide bonds. The summed E-state index contributed by atoms with van der Waals surface area (Å²) < 4.78 is 10.8. The summed E-state index contributed by atoms with van der Waals surface area (Å²) >= 11 is 5.76. The normalized spacial score (nSPS) is 14.9. The molecule has 19 heteroatoms. The minimum absolute atomic E-state index is 0.0733. The highest BCUT2D eigenvalue weighted by atomic mass is 35.5. The maximum atomic E-state index is 11.8. The van der Waals surface area contributed by atoms with Crippen molar-refractivity contribution in [3.63, 3.8) is 0 Å². The van der Waals surface area contributed by atoms with Gasteiger partial charge in [-0.15, -0.1) is 0 Å². The molecule has 2 aliphatic rings. The lowest BCUT2D eigenvalue weighted by Crippen LogP contribution is -2.32. The Morgan fingerprint density at radius 3 is 1.80 bits per heavy atom. The lowest BCUT2D eigenvalue weighted by Gasteiger charge is -2.23. The average molecular weight is 970 g/mol. The number of benzene rings is 4. The van der Waals surface area contributed by atoms with Crippen LogP contribution in [0.5, 0.6) is 11.5 Å². The van der Waals surface area contributed by atoms with Crippen molar-refractivity contribution in [3.05, 3.63) is 138 Å². The highest BCUT2D eigenvalue weighted by Gasteiger charge is 2.23. The van der Waals surface area contributed by atoms with Gasteiger partial charge in [-0.1, -0.05) is 30.8 Å². The first-order chi connectivity index (χ1) is 33.7. The molecule has 2 atom stereocenters. The number of nitrogens with two attached hydrogens (primary N) is 1. The summed E-state index contributed by atoms with van der Waals surface area (Å²) in [5.74, 6) is 3.25. The van der Waals surface area contributed by atoms with E-state index in [1.165, 1.54) is 13.0 Å². The first-order valence-corrected chi connectivity index (χ1v) is 22.8. The van der Waals surface area contributed by atoms with Crippen molar-refractivity contribution in [1.29, 1.82) is 0 Å². The topological polar surface area (TPSA) is 249 Å². The van der Waals surface area contributed by atoms with Crippen LogP contribution >= 0.6 is 11.6 Å². The van der Waals surface area contributed by atoms with E-state index in [1.54, 1.807) is 32.7 Å². The van der Waals surface area contributed by atoms with Crippen LogP contribution in [-0.2, 0) is 19.2 Å². The molecule has 8 rings (SSSR count). The van der Waals surface area contributed by atoms with Crippen LogP contribution < -0.4 is 52.4 Å². The summed E-state index contributed by atoms with van der Waals surface area (Å²) in [6.07, 6.45) is 7.49. The zero-order chi connectivity index (χ0) is 50.2. The van der Waals surface area contributed by atoms with Gasteiger partial charge in [-0.05, 0) is 128 Å². The third-order valence-electron chi connectivity index (χ3n) is 11.1. The second-order valence-electron chi connectivity index (χ2n) is 16.3. The number of carbonyl (C=O) groups is 4. The van der Waals surface area contributed by atoms with E-state index in [1.807, 2.05) is 92.7 Å². The third-order valence-corrected chi connectivity index (χ3v) is 11.3. The number of methoxy groups -OCH3 is 2. The van der Waals surface area contributed by atoms with Crippen molar-refractivity contribution in [3.8, 4) is 11.5 Å². The van der Waals surface area contributed by atoms with Gasteiger partial charge in [-0.2, -0.15) is 4.98 Å². The van der Waals surface area contributed by atoms with Crippen LogP contribution in [0, 0.1) is 13.8 Å². The van der Waals surface area contributed by atoms with Gasteiger partial charge in [0.25, 0.3) is 0 Å². The minimum Gasteiger partial charge on any atom is -0.495 e. The molecule has 4 aromatic carbocycles. The molecule has 0 bridgehead atoms. The number of hydrogen-bond acceptors (Lipinski definition) is 14. The molecule has 18 nitrogen and oxygen atoms in total. The van der Waals surface area contributed by atoms with Crippen LogP contribution in [0.2, 0.25) is 5.28 Å². The Balaban J connectivity index is 0.000000192. The van der Waals surface area contributed by atoms with E-state index in [2.05, 4.69) is 63.7 Å². The number of halogens is 1. The Morgan fingerprint density at radius 2 is 1.24 bits per heavy atom. The van der Waals surface area contributed by atoms with E-state index < -0.39 is 0 Å². The molecular weight excluding hydrogens is 912 g/mol. The fourth-order valence-corrected chi connectivity index (χ4v) is 7.63. The molecule has 0 spiro atoms. The molecule has 9 N–H and O–H groups in total. The Morgan fingerprint density at radius 1 is 0.714 bits per heavy atom. The number of carbonyl (C=O) groups excluding carboxylic acids is 4. The van der Waals surface area contributed by atoms with E-state index in [0.717, 1.165) is 64.4 Å². The number of piperidine rings is 2. The zero-order valence-corrected chi connectivity index (χ0v) is 40.4. The predicted molar refractivity (Wildman–Crippen MR) is 275 cm³/mol. The van der Waals surface area contributed by atoms with Crippen molar-refractivity contribution in [2.24, 2.45) is 0 Å². The molecule has 2 saturated heterocycles. The smallest absolute Gasteiger partial charge is 0.247 e. The first-order valence-electron chi connectivity index (χ1n) is 22.4.